The largest absolute Gasteiger partial charge is 0.449 e. The molecule has 0 spiro atoms. The average Bonchev–Trinajstić information content (AvgIpc) is 2.53. The number of halogens is 3. The lowest BCUT2D eigenvalue weighted by Gasteiger charge is -2.14. The van der Waals surface area contributed by atoms with Crippen molar-refractivity contribution in [3.8, 4) is 0 Å². The molecule has 1 amide bonds. The van der Waals surface area contributed by atoms with Crippen molar-refractivity contribution in [2.24, 2.45) is 0 Å². The van der Waals surface area contributed by atoms with Crippen LogP contribution in [-0.2, 0) is 9.53 Å². The molecule has 2 rings (SSSR count). The van der Waals surface area contributed by atoms with Gasteiger partial charge in [0.15, 0.2) is 6.10 Å². The van der Waals surface area contributed by atoms with Gasteiger partial charge in [0.05, 0.1) is 26.3 Å². The summed E-state index contributed by atoms with van der Waals surface area (Å²) in [7, 11) is 0. The molecule has 1 unspecified atom stereocenters. The van der Waals surface area contributed by atoms with E-state index in [1.807, 2.05) is 0 Å². The number of hydrogen-bond donors (Lipinski definition) is 1. The van der Waals surface area contributed by atoms with Gasteiger partial charge < -0.3 is 10.1 Å². The number of nitrogens with zero attached hydrogens (tertiary/aromatic N) is 1. The van der Waals surface area contributed by atoms with Gasteiger partial charge in [0.1, 0.15) is 0 Å². The van der Waals surface area contributed by atoms with Crippen LogP contribution in [0.3, 0.4) is 0 Å². The highest BCUT2D eigenvalue weighted by atomic mass is 35.5. The molecular formula is C15H11Cl3N2O3. The van der Waals surface area contributed by atoms with E-state index in [1.54, 1.807) is 6.07 Å². The van der Waals surface area contributed by atoms with Crippen LogP contribution in [0.2, 0.25) is 15.1 Å². The Morgan fingerprint density at radius 1 is 1.17 bits per heavy atom. The monoisotopic (exact) mass is 372 g/mol. The molecule has 1 heterocycles. The van der Waals surface area contributed by atoms with Crippen LogP contribution >= 0.6 is 34.8 Å². The van der Waals surface area contributed by atoms with Gasteiger partial charge in [-0.15, -0.1) is 0 Å². The van der Waals surface area contributed by atoms with Crippen LogP contribution in [0.25, 0.3) is 0 Å². The second-order valence-corrected chi connectivity index (χ2v) is 5.75. The van der Waals surface area contributed by atoms with E-state index < -0.39 is 18.0 Å². The zero-order valence-electron chi connectivity index (χ0n) is 11.8. The molecule has 0 saturated carbocycles. The number of carbonyl (C=O) groups excluding carboxylic acids is 2. The maximum absolute atomic E-state index is 12.1. The van der Waals surface area contributed by atoms with Crippen molar-refractivity contribution >= 4 is 52.4 Å². The molecule has 0 saturated heterocycles. The van der Waals surface area contributed by atoms with Crippen molar-refractivity contribution in [2.45, 2.75) is 13.0 Å². The van der Waals surface area contributed by atoms with E-state index in [2.05, 4.69) is 10.3 Å². The van der Waals surface area contributed by atoms with Crippen molar-refractivity contribution in [3.05, 3.63) is 57.3 Å². The highest BCUT2D eigenvalue weighted by Gasteiger charge is 2.20. The Labute approximate surface area is 147 Å². The summed E-state index contributed by atoms with van der Waals surface area (Å²) in [5.41, 5.74) is 0.523. The smallest absolute Gasteiger partial charge is 0.340 e. The molecule has 1 atom stereocenters. The van der Waals surface area contributed by atoms with Crippen molar-refractivity contribution in [1.82, 2.24) is 4.98 Å². The number of rotatable bonds is 4. The molecule has 5 nitrogen and oxygen atoms in total. The second-order valence-electron chi connectivity index (χ2n) is 4.52. The molecule has 0 aliphatic rings. The number of pyridine rings is 1. The van der Waals surface area contributed by atoms with Gasteiger partial charge in [0, 0.05) is 12.4 Å². The third-order valence-electron chi connectivity index (χ3n) is 2.82. The Kier molecular flexibility index (Phi) is 5.82. The average molecular weight is 374 g/mol. The minimum absolute atomic E-state index is 0.221. The van der Waals surface area contributed by atoms with E-state index in [1.165, 1.54) is 37.5 Å². The number of hydrogen-bond acceptors (Lipinski definition) is 4. The third-order valence-corrected chi connectivity index (χ3v) is 3.85. The zero-order chi connectivity index (χ0) is 17.0. The summed E-state index contributed by atoms with van der Waals surface area (Å²) in [6.45, 7) is 1.44. The van der Waals surface area contributed by atoms with E-state index in [9.17, 15) is 9.59 Å². The highest BCUT2D eigenvalue weighted by molar-refractivity contribution is 6.44. The van der Waals surface area contributed by atoms with Crippen molar-refractivity contribution in [3.63, 3.8) is 0 Å². The lowest BCUT2D eigenvalue weighted by atomic mass is 10.2. The molecule has 1 aromatic heterocycles. The van der Waals surface area contributed by atoms with Gasteiger partial charge in [-0.1, -0.05) is 34.8 Å². The lowest BCUT2D eigenvalue weighted by molar-refractivity contribution is -0.123. The van der Waals surface area contributed by atoms with Crippen LogP contribution in [0.5, 0.6) is 0 Å². The lowest BCUT2D eigenvalue weighted by Crippen LogP contribution is -2.30. The summed E-state index contributed by atoms with van der Waals surface area (Å²) < 4.78 is 5.07. The van der Waals surface area contributed by atoms with E-state index in [4.69, 9.17) is 39.5 Å². The van der Waals surface area contributed by atoms with E-state index in [-0.39, 0.29) is 26.3 Å². The van der Waals surface area contributed by atoms with Gasteiger partial charge in [-0.2, -0.15) is 0 Å². The predicted molar refractivity (Wildman–Crippen MR) is 89.2 cm³/mol. The fourth-order valence-corrected chi connectivity index (χ4v) is 2.21. The van der Waals surface area contributed by atoms with Crippen molar-refractivity contribution < 1.29 is 14.3 Å². The summed E-state index contributed by atoms with van der Waals surface area (Å²) in [5, 5.41) is 3.26. The predicted octanol–water partition coefficient (Wildman–Crippen LogP) is 4.23. The number of aromatic nitrogens is 1. The van der Waals surface area contributed by atoms with Crippen LogP contribution in [0.4, 0.5) is 5.69 Å². The first-order valence-corrected chi connectivity index (χ1v) is 7.58. The Morgan fingerprint density at radius 3 is 2.52 bits per heavy atom. The molecule has 0 fully saturated rings. The summed E-state index contributed by atoms with van der Waals surface area (Å²) in [6.07, 6.45) is 1.84. The summed E-state index contributed by atoms with van der Waals surface area (Å²) >= 11 is 17.7. The normalized spacial score (nSPS) is 11.7. The number of benzene rings is 1. The van der Waals surface area contributed by atoms with Crippen LogP contribution in [-0.4, -0.2) is 23.0 Å². The Morgan fingerprint density at radius 2 is 1.87 bits per heavy atom. The molecule has 0 aliphatic carbocycles. The molecule has 0 bridgehead atoms. The van der Waals surface area contributed by atoms with Gasteiger partial charge in [0.2, 0.25) is 0 Å². The van der Waals surface area contributed by atoms with E-state index >= 15 is 0 Å². The maximum Gasteiger partial charge on any atom is 0.340 e. The van der Waals surface area contributed by atoms with Crippen molar-refractivity contribution in [1.29, 1.82) is 0 Å². The Bertz CT molecular complexity index is 738. The fraction of sp³-hybridized carbons (Fsp3) is 0.133. The SMILES string of the molecule is CC(OC(=O)c1cccnc1)C(=O)Nc1cc(Cl)c(Cl)cc1Cl. The molecule has 1 N–H and O–H groups in total. The summed E-state index contributed by atoms with van der Waals surface area (Å²) in [4.78, 5) is 27.8. The van der Waals surface area contributed by atoms with Crippen LogP contribution in [0, 0.1) is 0 Å². The number of nitrogens with one attached hydrogen (secondary N) is 1. The molecule has 0 radical (unpaired) electrons. The number of anilines is 1. The second kappa shape index (κ2) is 7.64. The number of ether oxygens (including phenoxy) is 1. The number of esters is 1. The van der Waals surface area contributed by atoms with Gasteiger partial charge in [-0.25, -0.2) is 4.79 Å². The van der Waals surface area contributed by atoms with E-state index in [0.29, 0.717) is 0 Å². The van der Waals surface area contributed by atoms with Gasteiger partial charge in [-0.05, 0) is 31.2 Å². The Balaban J connectivity index is 2.03. The number of amides is 1. The first-order chi connectivity index (χ1) is 10.9. The summed E-state index contributed by atoms with van der Waals surface area (Å²) in [5.74, 6) is -1.21. The van der Waals surface area contributed by atoms with Crippen LogP contribution in [0.1, 0.15) is 17.3 Å². The van der Waals surface area contributed by atoms with Gasteiger partial charge in [0.25, 0.3) is 5.91 Å². The van der Waals surface area contributed by atoms with Gasteiger partial charge >= 0.3 is 5.97 Å². The molecule has 23 heavy (non-hydrogen) atoms. The van der Waals surface area contributed by atoms with E-state index in [0.717, 1.165) is 0 Å². The molecule has 0 aliphatic heterocycles. The first kappa shape index (κ1) is 17.5. The molecule has 8 heteroatoms. The molecule has 1 aromatic carbocycles. The zero-order valence-corrected chi connectivity index (χ0v) is 14.1. The topological polar surface area (TPSA) is 68.3 Å². The molecule has 120 valence electrons. The fourth-order valence-electron chi connectivity index (χ4n) is 1.62. The third kappa shape index (κ3) is 4.58. The van der Waals surface area contributed by atoms with Crippen LogP contribution < -0.4 is 5.32 Å². The molecule has 2 aromatic rings. The summed E-state index contributed by atoms with van der Waals surface area (Å²) in [6, 6.07) is 5.96. The first-order valence-electron chi connectivity index (χ1n) is 6.45. The Hall–Kier alpha value is -1.82. The van der Waals surface area contributed by atoms with Crippen LogP contribution in [0.15, 0.2) is 36.7 Å². The quantitative estimate of drug-likeness (QED) is 0.643. The standard InChI is InChI=1S/C15H11Cl3N2O3/c1-8(23-15(22)9-3-2-4-19-7-9)14(21)20-13-6-11(17)10(16)5-12(13)18/h2-8H,1H3,(H,20,21). The van der Waals surface area contributed by atoms with Crippen molar-refractivity contribution in [2.75, 3.05) is 5.32 Å². The molecular weight excluding hydrogens is 363 g/mol. The minimum atomic E-state index is -1.03. The minimum Gasteiger partial charge on any atom is -0.449 e. The van der Waals surface area contributed by atoms with Gasteiger partial charge in [-0.3, -0.25) is 9.78 Å². The number of carbonyl (C=O) groups is 2. The maximum atomic E-state index is 12.1. The highest BCUT2D eigenvalue weighted by Crippen LogP contribution is 2.32.